The molecular formula is C18H22FN5O. The standard InChI is InChI=1S/C18H22FN5O/c19-14-2-3-15-16(12-14)23-17(22-15)4-8-21-18(25)13-5-10-24(11-6-13)9-1-7-20/h2-3,12-13H,1,4-6,8-11H2,(H,21,25)(H,22,23). The molecule has 2 aromatic rings. The van der Waals surface area contributed by atoms with E-state index in [0.29, 0.717) is 24.9 Å². The fourth-order valence-corrected chi connectivity index (χ4v) is 3.23. The van der Waals surface area contributed by atoms with Crippen LogP contribution in [-0.4, -0.2) is 47.0 Å². The third kappa shape index (κ3) is 4.54. The van der Waals surface area contributed by atoms with Crippen molar-refractivity contribution in [1.29, 1.82) is 5.26 Å². The Morgan fingerprint density at radius 1 is 1.44 bits per heavy atom. The molecule has 1 aliphatic heterocycles. The molecule has 0 unspecified atom stereocenters. The Bertz CT molecular complexity index is 773. The van der Waals surface area contributed by atoms with Gasteiger partial charge in [0.05, 0.1) is 17.1 Å². The second-order valence-electron chi connectivity index (χ2n) is 6.41. The van der Waals surface area contributed by atoms with Crippen LogP contribution in [0.2, 0.25) is 0 Å². The van der Waals surface area contributed by atoms with Gasteiger partial charge in [-0.3, -0.25) is 4.79 Å². The molecular weight excluding hydrogens is 321 g/mol. The molecule has 132 valence electrons. The van der Waals surface area contributed by atoms with Gasteiger partial charge in [0, 0.05) is 31.8 Å². The van der Waals surface area contributed by atoms with Gasteiger partial charge in [-0.05, 0) is 44.1 Å². The average Bonchev–Trinajstić information content (AvgIpc) is 3.02. The van der Waals surface area contributed by atoms with Crippen LogP contribution in [0.15, 0.2) is 18.2 Å². The minimum absolute atomic E-state index is 0.0445. The minimum atomic E-state index is -0.294. The first-order chi connectivity index (χ1) is 12.2. The van der Waals surface area contributed by atoms with E-state index in [-0.39, 0.29) is 17.6 Å². The van der Waals surface area contributed by atoms with Crippen molar-refractivity contribution in [2.24, 2.45) is 5.92 Å². The molecule has 1 aliphatic rings. The molecule has 3 rings (SSSR count). The first-order valence-corrected chi connectivity index (χ1v) is 8.67. The summed E-state index contributed by atoms with van der Waals surface area (Å²) >= 11 is 0. The number of H-pyrrole nitrogens is 1. The summed E-state index contributed by atoms with van der Waals surface area (Å²) in [5, 5.41) is 11.6. The lowest BCUT2D eigenvalue weighted by molar-refractivity contribution is -0.126. The first-order valence-electron chi connectivity index (χ1n) is 8.67. The van der Waals surface area contributed by atoms with Crippen molar-refractivity contribution < 1.29 is 9.18 Å². The van der Waals surface area contributed by atoms with Crippen molar-refractivity contribution in [3.05, 3.63) is 29.8 Å². The number of hydrogen-bond donors (Lipinski definition) is 2. The third-order valence-corrected chi connectivity index (χ3v) is 4.65. The van der Waals surface area contributed by atoms with Crippen LogP contribution in [0.3, 0.4) is 0 Å². The number of piperidine rings is 1. The summed E-state index contributed by atoms with van der Waals surface area (Å²) in [4.78, 5) is 22.0. The van der Waals surface area contributed by atoms with E-state index in [0.717, 1.165) is 43.8 Å². The summed E-state index contributed by atoms with van der Waals surface area (Å²) in [6.45, 7) is 3.04. The number of nitriles is 1. The molecule has 2 N–H and O–H groups in total. The molecule has 0 atom stereocenters. The molecule has 0 bridgehead atoms. The molecule has 1 aromatic carbocycles. The smallest absolute Gasteiger partial charge is 0.223 e. The lowest BCUT2D eigenvalue weighted by Crippen LogP contribution is -2.41. The van der Waals surface area contributed by atoms with Gasteiger partial charge in [-0.15, -0.1) is 0 Å². The van der Waals surface area contributed by atoms with Crippen LogP contribution in [0.25, 0.3) is 11.0 Å². The molecule has 2 heterocycles. The van der Waals surface area contributed by atoms with Crippen molar-refractivity contribution in [2.75, 3.05) is 26.2 Å². The second-order valence-corrected chi connectivity index (χ2v) is 6.41. The molecule has 1 amide bonds. The number of aromatic amines is 1. The molecule has 0 radical (unpaired) electrons. The van der Waals surface area contributed by atoms with E-state index in [1.165, 1.54) is 12.1 Å². The number of benzene rings is 1. The van der Waals surface area contributed by atoms with Crippen LogP contribution in [-0.2, 0) is 11.2 Å². The van der Waals surface area contributed by atoms with Gasteiger partial charge < -0.3 is 15.2 Å². The predicted octanol–water partition coefficient (Wildman–Crippen LogP) is 1.99. The Hall–Kier alpha value is -2.46. The van der Waals surface area contributed by atoms with E-state index >= 15 is 0 Å². The van der Waals surface area contributed by atoms with Crippen molar-refractivity contribution in [3.8, 4) is 6.07 Å². The molecule has 1 aromatic heterocycles. The third-order valence-electron chi connectivity index (χ3n) is 4.65. The number of aromatic nitrogens is 2. The molecule has 25 heavy (non-hydrogen) atoms. The maximum absolute atomic E-state index is 13.2. The van der Waals surface area contributed by atoms with Gasteiger partial charge in [-0.1, -0.05) is 0 Å². The van der Waals surface area contributed by atoms with Crippen molar-refractivity contribution in [2.45, 2.75) is 25.7 Å². The Kier molecular flexibility index (Phi) is 5.61. The van der Waals surface area contributed by atoms with Gasteiger partial charge in [0.25, 0.3) is 0 Å². The Morgan fingerprint density at radius 3 is 3.00 bits per heavy atom. The molecule has 0 spiro atoms. The summed E-state index contributed by atoms with van der Waals surface area (Å²) in [7, 11) is 0. The maximum Gasteiger partial charge on any atom is 0.223 e. The highest BCUT2D eigenvalue weighted by atomic mass is 19.1. The number of imidazole rings is 1. The summed E-state index contributed by atoms with van der Waals surface area (Å²) in [6, 6.07) is 6.60. The Balaban J connectivity index is 1.42. The zero-order chi connectivity index (χ0) is 17.6. The number of nitrogens with one attached hydrogen (secondary N) is 2. The SMILES string of the molecule is N#CCCN1CCC(C(=O)NCCc2nc3ccc(F)cc3[nH]2)CC1. The molecule has 1 saturated heterocycles. The monoisotopic (exact) mass is 343 g/mol. The molecule has 1 fully saturated rings. The quantitative estimate of drug-likeness (QED) is 0.840. The number of carbonyl (C=O) groups is 1. The number of halogens is 1. The van der Waals surface area contributed by atoms with E-state index in [1.54, 1.807) is 6.07 Å². The van der Waals surface area contributed by atoms with Gasteiger partial charge in [-0.2, -0.15) is 5.26 Å². The number of rotatable bonds is 6. The van der Waals surface area contributed by atoms with Crippen molar-refractivity contribution in [3.63, 3.8) is 0 Å². The second kappa shape index (κ2) is 8.08. The van der Waals surface area contributed by atoms with Crippen LogP contribution in [0.4, 0.5) is 4.39 Å². The van der Waals surface area contributed by atoms with Crippen LogP contribution >= 0.6 is 0 Å². The predicted molar refractivity (Wildman–Crippen MR) is 92.2 cm³/mol. The Labute approximate surface area is 146 Å². The lowest BCUT2D eigenvalue weighted by atomic mass is 9.96. The van der Waals surface area contributed by atoms with Crippen molar-refractivity contribution >= 4 is 16.9 Å². The summed E-state index contributed by atoms with van der Waals surface area (Å²) in [5.41, 5.74) is 1.40. The summed E-state index contributed by atoms with van der Waals surface area (Å²) in [5.74, 6) is 0.578. The molecule has 0 saturated carbocycles. The molecule has 7 heteroatoms. The van der Waals surface area contributed by atoms with Crippen LogP contribution in [0, 0.1) is 23.1 Å². The first kappa shape index (κ1) is 17.4. The Morgan fingerprint density at radius 2 is 2.24 bits per heavy atom. The normalized spacial score (nSPS) is 16.0. The topological polar surface area (TPSA) is 84.8 Å². The minimum Gasteiger partial charge on any atom is -0.355 e. The zero-order valence-corrected chi connectivity index (χ0v) is 14.1. The van der Waals surface area contributed by atoms with E-state index in [4.69, 9.17) is 5.26 Å². The highest BCUT2D eigenvalue weighted by molar-refractivity contribution is 5.78. The fourth-order valence-electron chi connectivity index (χ4n) is 3.23. The van der Waals surface area contributed by atoms with Gasteiger partial charge in [0.1, 0.15) is 11.6 Å². The van der Waals surface area contributed by atoms with Crippen LogP contribution in [0.5, 0.6) is 0 Å². The van der Waals surface area contributed by atoms with Crippen LogP contribution in [0.1, 0.15) is 25.1 Å². The highest BCUT2D eigenvalue weighted by Crippen LogP contribution is 2.17. The molecule has 0 aliphatic carbocycles. The van der Waals surface area contributed by atoms with Gasteiger partial charge in [0.15, 0.2) is 0 Å². The average molecular weight is 343 g/mol. The summed E-state index contributed by atoms with van der Waals surface area (Å²) in [6.07, 6.45) is 2.80. The van der Waals surface area contributed by atoms with Crippen LogP contribution < -0.4 is 5.32 Å². The van der Waals surface area contributed by atoms with Gasteiger partial charge in [0.2, 0.25) is 5.91 Å². The zero-order valence-electron chi connectivity index (χ0n) is 14.1. The van der Waals surface area contributed by atoms with E-state index in [9.17, 15) is 9.18 Å². The van der Waals surface area contributed by atoms with E-state index in [1.807, 2.05) is 0 Å². The van der Waals surface area contributed by atoms with Crippen molar-refractivity contribution in [1.82, 2.24) is 20.2 Å². The number of hydrogen-bond acceptors (Lipinski definition) is 4. The number of carbonyl (C=O) groups excluding carboxylic acids is 1. The fraction of sp³-hybridized carbons (Fsp3) is 0.500. The molecule has 6 nitrogen and oxygen atoms in total. The van der Waals surface area contributed by atoms with E-state index < -0.39 is 0 Å². The summed E-state index contributed by atoms with van der Waals surface area (Å²) < 4.78 is 13.2. The van der Waals surface area contributed by atoms with E-state index in [2.05, 4.69) is 26.3 Å². The number of nitrogens with zero attached hydrogens (tertiary/aromatic N) is 3. The lowest BCUT2D eigenvalue weighted by Gasteiger charge is -2.30. The largest absolute Gasteiger partial charge is 0.355 e. The van der Waals surface area contributed by atoms with Gasteiger partial charge >= 0.3 is 0 Å². The highest BCUT2D eigenvalue weighted by Gasteiger charge is 2.24. The number of amides is 1. The number of likely N-dealkylation sites (tertiary alicyclic amines) is 1. The number of fused-ring (bicyclic) bond motifs is 1. The van der Waals surface area contributed by atoms with Gasteiger partial charge in [-0.25, -0.2) is 9.37 Å². The maximum atomic E-state index is 13.2.